The van der Waals surface area contributed by atoms with Crippen molar-refractivity contribution in [2.45, 2.75) is 20.3 Å². The topological polar surface area (TPSA) is 35.5 Å². The van der Waals surface area contributed by atoms with Crippen LogP contribution in [0.3, 0.4) is 0 Å². The summed E-state index contributed by atoms with van der Waals surface area (Å²) in [5.74, 6) is 0.528. The second-order valence-corrected chi connectivity index (χ2v) is 16.7. The molecular formula is C31H32GeO3. The maximum absolute atomic E-state index is 11.9. The average Bonchev–Trinajstić information content (AvgIpc) is 2.93. The van der Waals surface area contributed by atoms with Gasteiger partial charge in [0.2, 0.25) is 0 Å². The number of hydrogen-bond acceptors (Lipinski definition) is 3. The van der Waals surface area contributed by atoms with Crippen molar-refractivity contribution < 1.29 is 14.3 Å². The second kappa shape index (κ2) is 11.9. The summed E-state index contributed by atoms with van der Waals surface area (Å²) in [6.45, 7) is 4.45. The summed E-state index contributed by atoms with van der Waals surface area (Å²) in [7, 11) is 0. The van der Waals surface area contributed by atoms with Gasteiger partial charge >= 0.3 is 211 Å². The van der Waals surface area contributed by atoms with E-state index in [1.807, 2.05) is 26.0 Å². The van der Waals surface area contributed by atoms with Gasteiger partial charge in [0.25, 0.3) is 0 Å². The molecule has 0 bridgehead atoms. The predicted molar refractivity (Wildman–Crippen MR) is 146 cm³/mol. The van der Waals surface area contributed by atoms with Gasteiger partial charge in [-0.1, -0.05) is 0 Å². The number of carbonyl (C=O) groups is 1. The van der Waals surface area contributed by atoms with E-state index in [1.54, 1.807) is 0 Å². The Hall–Kier alpha value is -3.31. The van der Waals surface area contributed by atoms with Gasteiger partial charge in [-0.15, -0.1) is 0 Å². The van der Waals surface area contributed by atoms with Crippen LogP contribution in [0.5, 0.6) is 5.75 Å². The molecule has 0 spiro atoms. The van der Waals surface area contributed by atoms with Gasteiger partial charge in [-0.05, 0) is 0 Å². The molecule has 0 radical (unpaired) electrons. The van der Waals surface area contributed by atoms with Gasteiger partial charge in [-0.2, -0.15) is 0 Å². The van der Waals surface area contributed by atoms with Crippen LogP contribution >= 0.6 is 0 Å². The van der Waals surface area contributed by atoms with E-state index in [-0.39, 0.29) is 18.5 Å². The Bertz CT molecular complexity index is 1100. The number of esters is 1. The van der Waals surface area contributed by atoms with Crippen LogP contribution in [0, 0.1) is 5.92 Å². The molecule has 0 aliphatic rings. The van der Waals surface area contributed by atoms with Crippen molar-refractivity contribution in [1.82, 2.24) is 0 Å². The number of carbonyl (C=O) groups excluding carboxylic acids is 1. The van der Waals surface area contributed by atoms with Crippen molar-refractivity contribution in [2.24, 2.45) is 5.92 Å². The molecule has 1 atom stereocenters. The molecule has 0 saturated heterocycles. The summed E-state index contributed by atoms with van der Waals surface area (Å²) in [5, 5.41) is 0. The summed E-state index contributed by atoms with van der Waals surface area (Å²) in [4.78, 5) is 11.9. The van der Waals surface area contributed by atoms with Gasteiger partial charge in [0.1, 0.15) is 0 Å². The quantitative estimate of drug-likeness (QED) is 0.178. The molecule has 0 amide bonds. The molecule has 0 N–H and O–H groups in total. The fraction of sp³-hybridized carbons (Fsp3) is 0.194. The monoisotopic (exact) mass is 526 g/mol. The third-order valence-corrected chi connectivity index (χ3v) is 16.6. The molecule has 0 saturated carbocycles. The van der Waals surface area contributed by atoms with E-state index in [4.69, 9.17) is 9.47 Å². The van der Waals surface area contributed by atoms with Gasteiger partial charge in [-0.3, -0.25) is 0 Å². The molecular weight excluding hydrogens is 493 g/mol. The minimum atomic E-state index is -3.23. The fourth-order valence-electron chi connectivity index (χ4n) is 4.48. The first-order chi connectivity index (χ1) is 17.2. The zero-order chi connectivity index (χ0) is 24.5. The molecule has 1 unspecified atom stereocenters. The van der Waals surface area contributed by atoms with E-state index < -0.39 is 13.3 Å². The maximum atomic E-state index is 11.9. The molecule has 35 heavy (non-hydrogen) atoms. The van der Waals surface area contributed by atoms with E-state index in [1.165, 1.54) is 17.6 Å². The van der Waals surface area contributed by atoms with Crippen molar-refractivity contribution in [3.63, 3.8) is 0 Å². The van der Waals surface area contributed by atoms with Gasteiger partial charge in [0, 0.05) is 0 Å². The number of benzene rings is 4. The van der Waals surface area contributed by atoms with Crippen molar-refractivity contribution >= 4 is 36.8 Å². The normalized spacial score (nSPS) is 12.1. The molecule has 3 nitrogen and oxygen atoms in total. The molecule has 4 aromatic carbocycles. The summed E-state index contributed by atoms with van der Waals surface area (Å²) >= 11 is -3.23. The van der Waals surface area contributed by atoms with E-state index in [0.29, 0.717) is 6.61 Å². The van der Waals surface area contributed by atoms with Gasteiger partial charge < -0.3 is 0 Å². The van der Waals surface area contributed by atoms with Crippen LogP contribution in [0.4, 0.5) is 0 Å². The van der Waals surface area contributed by atoms with Crippen LogP contribution in [0.15, 0.2) is 115 Å². The van der Waals surface area contributed by atoms with Crippen LogP contribution in [-0.2, 0) is 9.53 Å². The summed E-state index contributed by atoms with van der Waals surface area (Å²) in [6, 6.07) is 41.2. The number of ether oxygens (including phenoxy) is 2. The van der Waals surface area contributed by atoms with Crippen molar-refractivity contribution in [1.29, 1.82) is 0 Å². The predicted octanol–water partition coefficient (Wildman–Crippen LogP) is 4.03. The first-order valence-corrected chi connectivity index (χ1v) is 16.4. The van der Waals surface area contributed by atoms with Gasteiger partial charge in [-0.25, -0.2) is 0 Å². The molecule has 0 aliphatic carbocycles. The zero-order valence-electron chi connectivity index (χ0n) is 20.4. The molecule has 4 rings (SSSR count). The van der Waals surface area contributed by atoms with Gasteiger partial charge in [0.05, 0.1) is 0 Å². The summed E-state index contributed by atoms with van der Waals surface area (Å²) in [6.07, 6.45) is 0.776. The van der Waals surface area contributed by atoms with Gasteiger partial charge in [0.15, 0.2) is 0 Å². The van der Waals surface area contributed by atoms with E-state index in [2.05, 4.69) is 103 Å². The average molecular weight is 525 g/mol. The van der Waals surface area contributed by atoms with Crippen LogP contribution in [-0.4, -0.2) is 32.4 Å². The standard InChI is InChI=1S/C31H32GeO3/c1-3-25(2)31(33)35-24-23-34-30-21-19-29(20-22-30)32(26-13-7-4-8-14-26,27-15-9-5-10-16-27)28-17-11-6-12-18-28/h4-22,25H,3,23-24H2,1-2H3. The molecule has 4 heteroatoms. The van der Waals surface area contributed by atoms with Crippen molar-refractivity contribution in [3.8, 4) is 5.75 Å². The third kappa shape index (κ3) is 5.51. The van der Waals surface area contributed by atoms with E-state index in [9.17, 15) is 4.79 Å². The molecule has 0 fully saturated rings. The minimum absolute atomic E-state index is 0.0805. The Morgan fingerprint density at radius 2 is 1.09 bits per heavy atom. The third-order valence-electron chi connectivity index (χ3n) is 6.52. The Kier molecular flexibility index (Phi) is 8.43. The first-order valence-electron chi connectivity index (χ1n) is 12.2. The Balaban J connectivity index is 1.67. The van der Waals surface area contributed by atoms with E-state index in [0.717, 1.165) is 12.2 Å². The molecule has 4 aromatic rings. The number of hydrogen-bond donors (Lipinski definition) is 0. The zero-order valence-corrected chi connectivity index (χ0v) is 22.5. The molecule has 0 aliphatic heterocycles. The number of rotatable bonds is 10. The first kappa shape index (κ1) is 24.8. The molecule has 0 heterocycles. The van der Waals surface area contributed by atoms with Crippen LogP contribution in [0.2, 0.25) is 0 Å². The second-order valence-electron chi connectivity index (χ2n) is 8.70. The molecule has 0 aromatic heterocycles. The summed E-state index contributed by atoms with van der Waals surface area (Å²) in [5.41, 5.74) is 0. The van der Waals surface area contributed by atoms with E-state index >= 15 is 0 Å². The van der Waals surface area contributed by atoms with Crippen LogP contribution < -0.4 is 22.3 Å². The van der Waals surface area contributed by atoms with Crippen molar-refractivity contribution in [3.05, 3.63) is 115 Å². The molecule has 178 valence electrons. The van der Waals surface area contributed by atoms with Crippen LogP contribution in [0.1, 0.15) is 20.3 Å². The fourth-order valence-corrected chi connectivity index (χ4v) is 14.4. The van der Waals surface area contributed by atoms with Crippen LogP contribution in [0.25, 0.3) is 0 Å². The summed E-state index contributed by atoms with van der Waals surface area (Å²) < 4.78 is 16.7. The Morgan fingerprint density at radius 3 is 1.51 bits per heavy atom. The van der Waals surface area contributed by atoms with Crippen molar-refractivity contribution in [2.75, 3.05) is 13.2 Å². The Morgan fingerprint density at radius 1 is 0.657 bits per heavy atom. The Labute approximate surface area is 211 Å². The SMILES string of the molecule is CCC(C)C(=O)OCCOc1cc[c]([Ge]([c]2ccccc2)([c]2ccccc2)[c]2ccccc2)cc1.